The first-order valence-corrected chi connectivity index (χ1v) is 6.16. The molecule has 1 aromatic rings. The molecule has 1 unspecified atom stereocenters. The Hall–Kier alpha value is -1.89. The van der Waals surface area contributed by atoms with Crippen LogP contribution in [-0.4, -0.2) is 23.3 Å². The number of hydrogen-bond acceptors (Lipinski definition) is 4. The number of hydrogen-bond donors (Lipinski definition) is 3. The summed E-state index contributed by atoms with van der Waals surface area (Å²) in [5.41, 5.74) is 6.07. The van der Waals surface area contributed by atoms with Crippen LogP contribution < -0.4 is 16.4 Å². The minimum atomic E-state index is -0.766. The topological polar surface area (TPSA) is 97.4 Å². The van der Waals surface area contributed by atoms with Crippen LogP contribution in [0, 0.1) is 13.8 Å². The van der Waals surface area contributed by atoms with Crippen molar-refractivity contribution in [2.75, 3.05) is 6.54 Å². The summed E-state index contributed by atoms with van der Waals surface area (Å²) < 4.78 is 5.37. The molecule has 0 aliphatic heterocycles. The number of nitrogens with two attached hydrogens (primary N) is 1. The zero-order valence-electron chi connectivity index (χ0n) is 11.1. The van der Waals surface area contributed by atoms with E-state index in [0.29, 0.717) is 5.76 Å². The Balaban J connectivity index is 2.59. The van der Waals surface area contributed by atoms with Crippen molar-refractivity contribution >= 4 is 29.0 Å². The highest BCUT2D eigenvalue weighted by Crippen LogP contribution is 2.20. The lowest BCUT2D eigenvalue weighted by molar-refractivity contribution is -0.139. The predicted molar refractivity (Wildman–Crippen MR) is 74.5 cm³/mol. The highest BCUT2D eigenvalue weighted by atomic mass is 32.1. The minimum Gasteiger partial charge on any atom is -0.466 e. The Labute approximate surface area is 116 Å². The van der Waals surface area contributed by atoms with Crippen molar-refractivity contribution in [3.8, 4) is 0 Å². The Morgan fingerprint density at radius 1 is 1.42 bits per heavy atom. The molecular formula is C12H17N3O3S. The predicted octanol–water partition coefficient (Wildman–Crippen LogP) is 0.476. The van der Waals surface area contributed by atoms with E-state index in [1.165, 1.54) is 0 Å². The number of carbonyl (C=O) groups is 2. The summed E-state index contributed by atoms with van der Waals surface area (Å²) in [5, 5.41) is 4.90. The average molecular weight is 283 g/mol. The second-order valence-electron chi connectivity index (χ2n) is 4.21. The van der Waals surface area contributed by atoms with Crippen molar-refractivity contribution in [3.05, 3.63) is 23.2 Å². The van der Waals surface area contributed by atoms with Crippen molar-refractivity contribution in [2.24, 2.45) is 5.73 Å². The molecule has 0 radical (unpaired) electrons. The normalized spacial score (nSPS) is 11.7. The fraction of sp³-hybridized carbons (Fsp3) is 0.417. The highest BCUT2D eigenvalue weighted by Gasteiger charge is 2.19. The first-order valence-electron chi connectivity index (χ1n) is 5.75. The summed E-state index contributed by atoms with van der Waals surface area (Å²) >= 11 is 4.60. The molecule has 6 nitrogen and oxygen atoms in total. The van der Waals surface area contributed by atoms with E-state index in [1.807, 2.05) is 13.0 Å². The summed E-state index contributed by atoms with van der Waals surface area (Å²) in [6.07, 6.45) is 0. The van der Waals surface area contributed by atoms with Gasteiger partial charge < -0.3 is 20.8 Å². The fourth-order valence-electron chi connectivity index (χ4n) is 1.67. The molecule has 1 rings (SSSR count). The van der Waals surface area contributed by atoms with Gasteiger partial charge in [0.15, 0.2) is 0 Å². The Bertz CT molecular complexity index is 510. The molecule has 0 aromatic carbocycles. The molecule has 0 saturated carbocycles. The fourth-order valence-corrected chi connectivity index (χ4v) is 1.74. The summed E-state index contributed by atoms with van der Waals surface area (Å²) in [6.45, 7) is 5.40. The second-order valence-corrected chi connectivity index (χ2v) is 4.74. The molecule has 0 aliphatic rings. The number of carbonyl (C=O) groups excluding carboxylic acids is 2. The van der Waals surface area contributed by atoms with E-state index in [-0.39, 0.29) is 17.6 Å². The number of furan rings is 1. The molecule has 1 atom stereocenters. The van der Waals surface area contributed by atoms with Gasteiger partial charge in [-0.2, -0.15) is 0 Å². The molecule has 7 heteroatoms. The number of aryl methyl sites for hydroxylation is 2. The van der Waals surface area contributed by atoms with Crippen LogP contribution in [0.2, 0.25) is 0 Å². The van der Waals surface area contributed by atoms with Crippen molar-refractivity contribution in [3.63, 3.8) is 0 Å². The highest BCUT2D eigenvalue weighted by molar-refractivity contribution is 7.80. The maximum absolute atomic E-state index is 11.6. The van der Waals surface area contributed by atoms with E-state index < -0.39 is 11.8 Å². The Morgan fingerprint density at radius 3 is 2.53 bits per heavy atom. The Morgan fingerprint density at radius 2 is 2.05 bits per heavy atom. The average Bonchev–Trinajstić information content (AvgIpc) is 2.65. The van der Waals surface area contributed by atoms with Crippen LogP contribution in [0.3, 0.4) is 0 Å². The standard InChI is InChI=1S/C12H17N3O3S/c1-6-4-9(8(3)18-6)7(2)15-12(17)11(16)14-5-10(13)19/h4,7H,5H2,1-3H3,(H2,13,19)(H,14,16)(H,15,17). The van der Waals surface area contributed by atoms with Gasteiger partial charge in [0.05, 0.1) is 17.6 Å². The summed E-state index contributed by atoms with van der Waals surface area (Å²) in [6, 6.07) is 1.51. The van der Waals surface area contributed by atoms with Gasteiger partial charge in [0.25, 0.3) is 0 Å². The molecule has 0 saturated heterocycles. The molecule has 2 amide bonds. The lowest BCUT2D eigenvalue weighted by Crippen LogP contribution is -2.43. The van der Waals surface area contributed by atoms with Crippen LogP contribution in [0.5, 0.6) is 0 Å². The van der Waals surface area contributed by atoms with Crippen molar-refractivity contribution in [1.29, 1.82) is 0 Å². The second kappa shape index (κ2) is 6.33. The van der Waals surface area contributed by atoms with E-state index in [1.54, 1.807) is 13.8 Å². The van der Waals surface area contributed by atoms with Crippen LogP contribution >= 0.6 is 12.2 Å². The maximum atomic E-state index is 11.6. The SMILES string of the molecule is Cc1cc(C(C)NC(=O)C(=O)NCC(N)=S)c(C)o1. The van der Waals surface area contributed by atoms with Crippen molar-refractivity contribution < 1.29 is 14.0 Å². The molecular weight excluding hydrogens is 266 g/mol. The van der Waals surface area contributed by atoms with Crippen molar-refractivity contribution in [1.82, 2.24) is 10.6 Å². The van der Waals surface area contributed by atoms with Crippen LogP contribution in [0.1, 0.15) is 30.0 Å². The molecule has 104 valence electrons. The third-order valence-corrected chi connectivity index (χ3v) is 2.67. The quantitative estimate of drug-likeness (QED) is 0.551. The zero-order valence-corrected chi connectivity index (χ0v) is 11.9. The van der Waals surface area contributed by atoms with E-state index in [2.05, 4.69) is 22.9 Å². The van der Waals surface area contributed by atoms with Gasteiger partial charge >= 0.3 is 11.8 Å². The van der Waals surface area contributed by atoms with E-state index >= 15 is 0 Å². The first kappa shape index (κ1) is 15.2. The van der Waals surface area contributed by atoms with Gasteiger partial charge in [-0.05, 0) is 26.8 Å². The zero-order chi connectivity index (χ0) is 14.6. The van der Waals surface area contributed by atoms with Crippen LogP contribution in [0.15, 0.2) is 10.5 Å². The molecule has 0 spiro atoms. The monoisotopic (exact) mass is 283 g/mol. The third-order valence-electron chi connectivity index (χ3n) is 2.52. The Kier molecular flexibility index (Phi) is 5.05. The van der Waals surface area contributed by atoms with Crippen LogP contribution in [0.4, 0.5) is 0 Å². The number of amides is 2. The molecule has 1 heterocycles. The van der Waals surface area contributed by atoms with Gasteiger partial charge in [0.1, 0.15) is 11.5 Å². The molecule has 19 heavy (non-hydrogen) atoms. The smallest absolute Gasteiger partial charge is 0.309 e. The summed E-state index contributed by atoms with van der Waals surface area (Å²) in [5.74, 6) is -0.0279. The van der Waals surface area contributed by atoms with Gasteiger partial charge in [0.2, 0.25) is 0 Å². The lowest BCUT2D eigenvalue weighted by Gasteiger charge is -2.12. The van der Waals surface area contributed by atoms with Gasteiger partial charge in [-0.15, -0.1) is 0 Å². The number of thiocarbonyl (C=S) groups is 1. The summed E-state index contributed by atoms with van der Waals surface area (Å²) in [4.78, 5) is 23.2. The lowest BCUT2D eigenvalue weighted by atomic mass is 10.1. The molecule has 0 bridgehead atoms. The molecule has 0 aliphatic carbocycles. The van der Waals surface area contributed by atoms with Gasteiger partial charge in [-0.1, -0.05) is 12.2 Å². The van der Waals surface area contributed by atoms with Gasteiger partial charge in [-0.3, -0.25) is 9.59 Å². The van der Waals surface area contributed by atoms with Crippen LogP contribution in [-0.2, 0) is 9.59 Å². The van der Waals surface area contributed by atoms with Crippen molar-refractivity contribution in [2.45, 2.75) is 26.8 Å². The van der Waals surface area contributed by atoms with Gasteiger partial charge in [-0.25, -0.2) is 0 Å². The molecule has 4 N–H and O–H groups in total. The van der Waals surface area contributed by atoms with E-state index in [9.17, 15) is 9.59 Å². The van der Waals surface area contributed by atoms with Gasteiger partial charge in [0, 0.05) is 5.56 Å². The van der Waals surface area contributed by atoms with E-state index in [4.69, 9.17) is 10.2 Å². The number of rotatable bonds is 4. The largest absolute Gasteiger partial charge is 0.466 e. The third kappa shape index (κ3) is 4.36. The van der Waals surface area contributed by atoms with E-state index in [0.717, 1.165) is 11.3 Å². The molecule has 1 aromatic heterocycles. The number of nitrogens with one attached hydrogen (secondary N) is 2. The van der Waals surface area contributed by atoms with Crippen LogP contribution in [0.25, 0.3) is 0 Å². The summed E-state index contributed by atoms with van der Waals surface area (Å²) in [7, 11) is 0. The molecule has 0 fully saturated rings. The minimum absolute atomic E-state index is 0.000185. The first-order chi connectivity index (χ1) is 8.81. The maximum Gasteiger partial charge on any atom is 0.309 e.